The molecule has 1 fully saturated rings. The first-order valence-electron chi connectivity index (χ1n) is 10.2. The van der Waals surface area contributed by atoms with Gasteiger partial charge in [0.1, 0.15) is 4.38 Å². The average Bonchev–Trinajstić information content (AvgIpc) is 3.26. The highest BCUT2D eigenvalue weighted by Crippen LogP contribution is 2.26. The number of aliphatic imine (C=N–C) groups is 1. The molecule has 1 aromatic rings. The maximum atomic E-state index is 12.6. The van der Waals surface area contributed by atoms with Gasteiger partial charge in [0, 0.05) is 17.5 Å². The average molecular weight is 450 g/mol. The minimum Gasteiger partial charge on any atom is -0.449 e. The van der Waals surface area contributed by atoms with Gasteiger partial charge in [-0.15, -0.1) is 0 Å². The van der Waals surface area contributed by atoms with Crippen LogP contribution in [0.15, 0.2) is 29.3 Å². The zero-order valence-electron chi connectivity index (χ0n) is 17.0. The highest BCUT2D eigenvalue weighted by molar-refractivity contribution is 8.38. The van der Waals surface area contributed by atoms with E-state index in [1.807, 2.05) is 12.1 Å². The number of thioether (sulfide) groups is 2. The van der Waals surface area contributed by atoms with E-state index in [1.165, 1.54) is 13.3 Å². The molecule has 0 unspecified atom stereocenters. The first-order valence-corrected chi connectivity index (χ1v) is 12.2. The molecule has 9 heteroatoms. The Balaban J connectivity index is 1.50. The van der Waals surface area contributed by atoms with Gasteiger partial charge in [-0.2, -0.15) is 0 Å². The van der Waals surface area contributed by atoms with Gasteiger partial charge in [-0.25, -0.2) is 9.59 Å². The van der Waals surface area contributed by atoms with E-state index in [1.54, 1.807) is 35.7 Å². The van der Waals surface area contributed by atoms with Crippen molar-refractivity contribution in [2.75, 3.05) is 12.3 Å². The SMILES string of the molecule is C[C@H](OC(=O)c1ccccc1CSC1=NCCS1)C(=O)NC(=O)NC1CCCCC1. The third kappa shape index (κ3) is 6.77. The lowest BCUT2D eigenvalue weighted by molar-refractivity contribution is -0.127. The van der Waals surface area contributed by atoms with Crippen LogP contribution in [0, 0.1) is 0 Å². The fraction of sp³-hybridized carbons (Fsp3) is 0.524. The van der Waals surface area contributed by atoms with Gasteiger partial charge in [-0.05, 0) is 31.4 Å². The lowest BCUT2D eigenvalue weighted by Gasteiger charge is -2.23. The smallest absolute Gasteiger partial charge is 0.339 e. The quantitative estimate of drug-likeness (QED) is 0.643. The van der Waals surface area contributed by atoms with Crippen LogP contribution in [0.3, 0.4) is 0 Å². The predicted molar refractivity (Wildman–Crippen MR) is 121 cm³/mol. The summed E-state index contributed by atoms with van der Waals surface area (Å²) in [5.74, 6) is 0.372. The minimum absolute atomic E-state index is 0.0939. The van der Waals surface area contributed by atoms with Crippen LogP contribution in [0.25, 0.3) is 0 Å². The molecule has 2 aliphatic rings. The van der Waals surface area contributed by atoms with Gasteiger partial charge in [0.25, 0.3) is 5.91 Å². The Labute approximate surface area is 185 Å². The molecule has 2 N–H and O–H groups in total. The van der Waals surface area contributed by atoms with E-state index in [4.69, 9.17) is 4.74 Å². The zero-order chi connectivity index (χ0) is 21.3. The zero-order valence-corrected chi connectivity index (χ0v) is 18.7. The maximum Gasteiger partial charge on any atom is 0.339 e. The number of urea groups is 1. The summed E-state index contributed by atoms with van der Waals surface area (Å²) in [6.07, 6.45) is 4.11. The van der Waals surface area contributed by atoms with Crippen LogP contribution in [0.1, 0.15) is 54.9 Å². The van der Waals surface area contributed by atoms with Crippen LogP contribution in [0.2, 0.25) is 0 Å². The van der Waals surface area contributed by atoms with Gasteiger partial charge in [0.05, 0.1) is 12.1 Å². The van der Waals surface area contributed by atoms with Crippen molar-refractivity contribution in [3.8, 4) is 0 Å². The van der Waals surface area contributed by atoms with Crippen molar-refractivity contribution < 1.29 is 19.1 Å². The summed E-state index contributed by atoms with van der Waals surface area (Å²) in [6.45, 7) is 2.29. The monoisotopic (exact) mass is 449 g/mol. The van der Waals surface area contributed by atoms with Crippen LogP contribution >= 0.6 is 23.5 Å². The Hall–Kier alpha value is -2.00. The molecule has 1 saturated carbocycles. The van der Waals surface area contributed by atoms with Crippen LogP contribution < -0.4 is 10.6 Å². The van der Waals surface area contributed by atoms with E-state index in [-0.39, 0.29) is 6.04 Å². The summed E-state index contributed by atoms with van der Waals surface area (Å²) in [5.41, 5.74) is 1.24. The van der Waals surface area contributed by atoms with Crippen molar-refractivity contribution in [2.24, 2.45) is 4.99 Å². The molecule has 0 bridgehead atoms. The Kier molecular flexibility index (Phi) is 8.62. The molecule has 7 nitrogen and oxygen atoms in total. The molecule has 1 aromatic carbocycles. The summed E-state index contributed by atoms with van der Waals surface area (Å²) in [4.78, 5) is 41.4. The third-order valence-corrected chi connectivity index (χ3v) is 7.28. The second kappa shape index (κ2) is 11.4. The number of amides is 3. The van der Waals surface area contributed by atoms with E-state index in [2.05, 4.69) is 15.6 Å². The number of esters is 1. The van der Waals surface area contributed by atoms with Crippen molar-refractivity contribution in [1.29, 1.82) is 0 Å². The molecule has 1 aliphatic carbocycles. The van der Waals surface area contributed by atoms with Crippen molar-refractivity contribution in [3.63, 3.8) is 0 Å². The summed E-state index contributed by atoms with van der Waals surface area (Å²) in [6, 6.07) is 6.73. The second-order valence-corrected chi connectivity index (χ2v) is 9.59. The fourth-order valence-corrected chi connectivity index (χ4v) is 5.36. The molecule has 162 valence electrons. The van der Waals surface area contributed by atoms with Gasteiger partial charge in [0.2, 0.25) is 0 Å². The number of ether oxygens (including phenoxy) is 1. The highest BCUT2D eigenvalue weighted by Gasteiger charge is 2.24. The number of rotatable bonds is 6. The summed E-state index contributed by atoms with van der Waals surface area (Å²) in [5, 5.41) is 5.09. The first kappa shape index (κ1) is 22.7. The molecule has 3 rings (SSSR count). The highest BCUT2D eigenvalue weighted by atomic mass is 32.2. The van der Waals surface area contributed by atoms with E-state index in [9.17, 15) is 14.4 Å². The van der Waals surface area contributed by atoms with Gasteiger partial charge in [0.15, 0.2) is 6.10 Å². The third-order valence-electron chi connectivity index (χ3n) is 4.98. The first-order chi connectivity index (χ1) is 14.5. The van der Waals surface area contributed by atoms with Gasteiger partial charge in [-0.3, -0.25) is 15.1 Å². The van der Waals surface area contributed by atoms with E-state index >= 15 is 0 Å². The van der Waals surface area contributed by atoms with Crippen LogP contribution in [0.4, 0.5) is 4.79 Å². The number of imide groups is 1. The molecule has 1 atom stereocenters. The molecule has 0 aromatic heterocycles. The number of hydrogen-bond acceptors (Lipinski definition) is 7. The molecular formula is C21H27N3O4S2. The summed E-state index contributed by atoms with van der Waals surface area (Å²) >= 11 is 3.31. The standard InChI is InChI=1S/C21H27N3O4S2/c1-14(18(25)24-20(27)23-16-8-3-2-4-9-16)28-19(26)17-10-6-5-7-15(17)13-30-21-22-11-12-29-21/h5-7,10,14,16H,2-4,8-9,11-13H2,1H3,(H2,23,24,25,27)/t14-/m0/s1. The number of hydrogen-bond donors (Lipinski definition) is 2. The number of nitrogens with zero attached hydrogens (tertiary/aromatic N) is 1. The Morgan fingerprint density at radius 2 is 2.00 bits per heavy atom. The fourth-order valence-electron chi connectivity index (χ4n) is 3.35. The second-order valence-electron chi connectivity index (χ2n) is 7.29. The Bertz CT molecular complexity index is 809. The van der Waals surface area contributed by atoms with Crippen LogP contribution in [0.5, 0.6) is 0 Å². The Morgan fingerprint density at radius 1 is 1.23 bits per heavy atom. The van der Waals surface area contributed by atoms with Crippen molar-refractivity contribution >= 4 is 45.8 Å². The molecular weight excluding hydrogens is 422 g/mol. The molecule has 1 heterocycles. The summed E-state index contributed by atoms with van der Waals surface area (Å²) in [7, 11) is 0. The number of carbonyl (C=O) groups excluding carboxylic acids is 3. The largest absolute Gasteiger partial charge is 0.449 e. The Morgan fingerprint density at radius 3 is 2.73 bits per heavy atom. The van der Waals surface area contributed by atoms with E-state index in [0.29, 0.717) is 11.3 Å². The number of carbonyl (C=O) groups is 3. The molecule has 30 heavy (non-hydrogen) atoms. The van der Waals surface area contributed by atoms with E-state index in [0.717, 1.165) is 47.9 Å². The van der Waals surface area contributed by atoms with Gasteiger partial charge >= 0.3 is 12.0 Å². The topological polar surface area (TPSA) is 96.9 Å². The van der Waals surface area contributed by atoms with E-state index < -0.39 is 24.0 Å². The molecule has 0 spiro atoms. The predicted octanol–water partition coefficient (Wildman–Crippen LogP) is 3.73. The normalized spacial score (nSPS) is 17.7. The van der Waals surface area contributed by atoms with Crippen LogP contribution in [-0.2, 0) is 15.3 Å². The lowest BCUT2D eigenvalue weighted by Crippen LogP contribution is -2.48. The molecule has 1 aliphatic heterocycles. The molecule has 0 saturated heterocycles. The maximum absolute atomic E-state index is 12.6. The minimum atomic E-state index is -1.08. The lowest BCUT2D eigenvalue weighted by atomic mass is 9.96. The van der Waals surface area contributed by atoms with Crippen molar-refractivity contribution in [3.05, 3.63) is 35.4 Å². The van der Waals surface area contributed by atoms with Gasteiger partial charge in [-0.1, -0.05) is 61.0 Å². The van der Waals surface area contributed by atoms with Gasteiger partial charge < -0.3 is 10.1 Å². The van der Waals surface area contributed by atoms with Crippen molar-refractivity contribution in [2.45, 2.75) is 56.9 Å². The molecule has 0 radical (unpaired) electrons. The number of nitrogens with one attached hydrogen (secondary N) is 2. The van der Waals surface area contributed by atoms with Crippen molar-refractivity contribution in [1.82, 2.24) is 10.6 Å². The summed E-state index contributed by atoms with van der Waals surface area (Å²) < 4.78 is 6.35. The number of benzene rings is 1. The van der Waals surface area contributed by atoms with Crippen LogP contribution in [-0.4, -0.2) is 46.7 Å². The molecule has 3 amide bonds.